The topological polar surface area (TPSA) is 79.0 Å². The number of thiophene rings is 1. The Balaban J connectivity index is 1.25. The Labute approximate surface area is 222 Å². The SMILES string of the molecule is CSc1cc(Br)c(OCCCc2cccnc2)c(CNCCCNc2cc(=O)c3sccc3[nH]2)c1. The van der Waals surface area contributed by atoms with Crippen LogP contribution in [0.1, 0.15) is 24.0 Å². The van der Waals surface area contributed by atoms with Crippen molar-refractivity contribution in [3.63, 3.8) is 0 Å². The summed E-state index contributed by atoms with van der Waals surface area (Å²) in [5.41, 5.74) is 3.31. The van der Waals surface area contributed by atoms with E-state index < -0.39 is 0 Å². The van der Waals surface area contributed by atoms with E-state index in [1.807, 2.05) is 23.7 Å². The van der Waals surface area contributed by atoms with Crippen molar-refractivity contribution >= 4 is 55.1 Å². The van der Waals surface area contributed by atoms with E-state index in [2.05, 4.69) is 61.0 Å². The molecule has 1 aromatic carbocycles. The summed E-state index contributed by atoms with van der Waals surface area (Å²) in [7, 11) is 0. The average Bonchev–Trinajstić information content (AvgIpc) is 3.35. The van der Waals surface area contributed by atoms with E-state index in [0.29, 0.717) is 6.61 Å². The van der Waals surface area contributed by atoms with Crippen LogP contribution in [-0.4, -0.2) is 35.9 Å². The quantitative estimate of drug-likeness (QED) is 0.133. The highest BCUT2D eigenvalue weighted by Gasteiger charge is 2.11. The molecule has 3 aromatic heterocycles. The van der Waals surface area contributed by atoms with Gasteiger partial charge in [0.15, 0.2) is 0 Å². The number of fused-ring (bicyclic) bond motifs is 1. The molecular weight excluding hydrogens is 544 g/mol. The van der Waals surface area contributed by atoms with E-state index in [4.69, 9.17) is 4.74 Å². The molecule has 3 heterocycles. The maximum atomic E-state index is 12.1. The van der Waals surface area contributed by atoms with Crippen molar-refractivity contribution in [3.05, 3.63) is 80.0 Å². The van der Waals surface area contributed by atoms with Crippen molar-refractivity contribution in [2.45, 2.75) is 30.7 Å². The van der Waals surface area contributed by atoms with E-state index in [1.54, 1.807) is 24.0 Å². The predicted molar refractivity (Wildman–Crippen MR) is 151 cm³/mol. The Hall–Kier alpha value is -2.33. The molecule has 0 fully saturated rings. The number of hydrogen-bond acceptors (Lipinski definition) is 7. The summed E-state index contributed by atoms with van der Waals surface area (Å²) in [5.74, 6) is 1.67. The minimum absolute atomic E-state index is 0.0570. The number of hydrogen-bond donors (Lipinski definition) is 3. The molecule has 4 aromatic rings. The zero-order valence-corrected chi connectivity index (χ0v) is 22.8. The molecule has 9 heteroatoms. The number of aryl methyl sites for hydroxylation is 1. The molecule has 0 saturated heterocycles. The third kappa shape index (κ3) is 7.33. The number of pyridine rings is 2. The van der Waals surface area contributed by atoms with Crippen LogP contribution in [0.5, 0.6) is 5.75 Å². The summed E-state index contributed by atoms with van der Waals surface area (Å²) in [5, 5.41) is 8.78. The van der Waals surface area contributed by atoms with Gasteiger partial charge < -0.3 is 20.4 Å². The molecule has 0 spiro atoms. The number of anilines is 1. The molecular formula is C26H29BrN4O2S2. The van der Waals surface area contributed by atoms with E-state index in [-0.39, 0.29) is 5.43 Å². The fourth-order valence-electron chi connectivity index (χ4n) is 3.76. The first kappa shape index (κ1) is 25.8. The van der Waals surface area contributed by atoms with Crippen LogP contribution in [-0.2, 0) is 13.0 Å². The first-order valence-corrected chi connectivity index (χ1v) is 14.5. The second-order valence-corrected chi connectivity index (χ2v) is 10.7. The van der Waals surface area contributed by atoms with Gasteiger partial charge in [0.2, 0.25) is 5.43 Å². The smallest absolute Gasteiger partial charge is 0.201 e. The molecule has 0 amide bonds. The minimum Gasteiger partial charge on any atom is -0.492 e. The molecule has 0 aliphatic carbocycles. The Bertz CT molecular complexity index is 1290. The lowest BCUT2D eigenvalue weighted by atomic mass is 10.1. The van der Waals surface area contributed by atoms with Crippen LogP contribution in [0.3, 0.4) is 0 Å². The largest absolute Gasteiger partial charge is 0.492 e. The lowest BCUT2D eigenvalue weighted by Crippen LogP contribution is -2.19. The number of nitrogens with zero attached hydrogens (tertiary/aromatic N) is 1. The van der Waals surface area contributed by atoms with Gasteiger partial charge in [-0.2, -0.15) is 0 Å². The van der Waals surface area contributed by atoms with Gasteiger partial charge in [-0.25, -0.2) is 0 Å². The van der Waals surface area contributed by atoms with Gasteiger partial charge in [-0.05, 0) is 83.2 Å². The average molecular weight is 574 g/mol. The molecule has 0 unspecified atom stereocenters. The monoisotopic (exact) mass is 572 g/mol. The van der Waals surface area contributed by atoms with Gasteiger partial charge in [0.1, 0.15) is 11.6 Å². The Kier molecular flexibility index (Phi) is 9.65. The Morgan fingerprint density at radius 3 is 2.94 bits per heavy atom. The van der Waals surface area contributed by atoms with E-state index in [9.17, 15) is 4.79 Å². The fourth-order valence-corrected chi connectivity index (χ4v) is 5.79. The molecule has 3 N–H and O–H groups in total. The number of nitrogens with one attached hydrogen (secondary N) is 3. The summed E-state index contributed by atoms with van der Waals surface area (Å²) in [6.07, 6.45) is 8.58. The predicted octanol–water partition coefficient (Wildman–Crippen LogP) is 6.07. The van der Waals surface area contributed by atoms with Gasteiger partial charge in [0.05, 0.1) is 21.3 Å². The zero-order chi connectivity index (χ0) is 24.5. The van der Waals surface area contributed by atoms with Crippen LogP contribution >= 0.6 is 39.0 Å². The maximum Gasteiger partial charge on any atom is 0.201 e. The molecule has 6 nitrogen and oxygen atoms in total. The highest BCUT2D eigenvalue weighted by molar-refractivity contribution is 9.10. The molecule has 0 aliphatic rings. The maximum absolute atomic E-state index is 12.1. The molecule has 35 heavy (non-hydrogen) atoms. The summed E-state index contributed by atoms with van der Waals surface area (Å²) < 4.78 is 7.96. The van der Waals surface area contributed by atoms with Gasteiger partial charge >= 0.3 is 0 Å². The molecule has 0 radical (unpaired) electrons. The summed E-state index contributed by atoms with van der Waals surface area (Å²) >= 11 is 6.89. The number of aromatic nitrogens is 2. The Morgan fingerprint density at radius 1 is 1.20 bits per heavy atom. The standard InChI is InChI=1S/C26H29BrN4O2S2/c1-34-20-13-19(25(21(27)14-20)33-11-3-6-18-5-2-8-28-16-18)17-29-9-4-10-30-24-15-23(32)26-22(31-24)7-12-35-26/h2,5,7-8,12-16,29H,3-4,6,9-11,17H2,1H3,(H2,30,31,32). The number of rotatable bonds is 13. The van der Waals surface area contributed by atoms with Crippen molar-refractivity contribution in [2.75, 3.05) is 31.3 Å². The highest BCUT2D eigenvalue weighted by atomic mass is 79.9. The van der Waals surface area contributed by atoms with Crippen LogP contribution < -0.4 is 20.8 Å². The first-order valence-electron chi connectivity index (χ1n) is 11.6. The van der Waals surface area contributed by atoms with Crippen molar-refractivity contribution < 1.29 is 4.74 Å². The lowest BCUT2D eigenvalue weighted by molar-refractivity contribution is 0.305. The van der Waals surface area contributed by atoms with Crippen LogP contribution in [0.4, 0.5) is 5.82 Å². The fraction of sp³-hybridized carbons (Fsp3) is 0.308. The summed E-state index contributed by atoms with van der Waals surface area (Å²) in [6, 6.07) is 11.9. The molecule has 0 saturated carbocycles. The van der Waals surface area contributed by atoms with Crippen LogP contribution in [0.15, 0.2) is 68.3 Å². The van der Waals surface area contributed by atoms with Crippen molar-refractivity contribution in [1.82, 2.24) is 15.3 Å². The number of H-pyrrole nitrogens is 1. The van der Waals surface area contributed by atoms with E-state index in [1.165, 1.54) is 21.8 Å². The van der Waals surface area contributed by atoms with Crippen molar-refractivity contribution in [2.24, 2.45) is 0 Å². The summed E-state index contributed by atoms with van der Waals surface area (Å²) in [4.78, 5) is 20.8. The summed E-state index contributed by atoms with van der Waals surface area (Å²) in [6.45, 7) is 2.99. The number of thioether (sulfide) groups is 1. The van der Waals surface area contributed by atoms with Crippen LogP contribution in [0, 0.1) is 0 Å². The number of ether oxygens (including phenoxy) is 1. The molecule has 0 aliphatic heterocycles. The van der Waals surface area contributed by atoms with E-state index in [0.717, 1.165) is 70.7 Å². The third-order valence-electron chi connectivity index (χ3n) is 5.50. The molecule has 4 rings (SSSR count). The van der Waals surface area contributed by atoms with Gasteiger partial charge in [0, 0.05) is 42.0 Å². The number of benzene rings is 1. The van der Waals surface area contributed by atoms with Gasteiger partial charge in [0.25, 0.3) is 0 Å². The van der Waals surface area contributed by atoms with E-state index >= 15 is 0 Å². The molecule has 0 bridgehead atoms. The number of aromatic amines is 1. The molecule has 184 valence electrons. The molecule has 0 atom stereocenters. The minimum atomic E-state index is 0.0570. The second kappa shape index (κ2) is 13.1. The van der Waals surface area contributed by atoms with Crippen LogP contribution in [0.25, 0.3) is 10.2 Å². The lowest BCUT2D eigenvalue weighted by Gasteiger charge is -2.16. The van der Waals surface area contributed by atoms with Crippen LogP contribution in [0.2, 0.25) is 0 Å². The van der Waals surface area contributed by atoms with Gasteiger partial charge in [-0.3, -0.25) is 9.78 Å². The first-order chi connectivity index (χ1) is 17.1. The Morgan fingerprint density at radius 2 is 2.11 bits per heavy atom. The highest BCUT2D eigenvalue weighted by Crippen LogP contribution is 2.34. The second-order valence-electron chi connectivity index (χ2n) is 8.08. The van der Waals surface area contributed by atoms with Crippen molar-refractivity contribution in [1.29, 1.82) is 0 Å². The third-order valence-corrected chi connectivity index (χ3v) is 7.73. The number of halogens is 1. The van der Waals surface area contributed by atoms with Crippen molar-refractivity contribution in [3.8, 4) is 5.75 Å². The zero-order valence-electron chi connectivity index (χ0n) is 19.6. The van der Waals surface area contributed by atoms with Gasteiger partial charge in [-0.1, -0.05) is 6.07 Å². The van der Waals surface area contributed by atoms with Gasteiger partial charge in [-0.15, -0.1) is 23.1 Å². The normalized spacial score (nSPS) is 11.1.